The summed E-state index contributed by atoms with van der Waals surface area (Å²) in [4.78, 5) is 8.64. The van der Waals surface area contributed by atoms with Crippen LogP contribution in [-0.4, -0.2) is 27.7 Å². The molecule has 0 amide bonds. The number of nitrogens with zero attached hydrogens (tertiary/aromatic N) is 2. The molecule has 2 unspecified atom stereocenters. The lowest BCUT2D eigenvalue weighted by Crippen LogP contribution is -2.36. The summed E-state index contributed by atoms with van der Waals surface area (Å²) < 4.78 is 0. The Labute approximate surface area is 124 Å². The van der Waals surface area contributed by atoms with Gasteiger partial charge >= 0.3 is 0 Å². The lowest BCUT2D eigenvalue weighted by molar-refractivity contribution is 0.380. The van der Waals surface area contributed by atoms with Gasteiger partial charge in [0.1, 0.15) is 5.75 Å². The van der Waals surface area contributed by atoms with Crippen LogP contribution < -0.4 is 11.1 Å². The molecule has 5 heteroatoms. The van der Waals surface area contributed by atoms with Crippen LogP contribution in [0, 0.1) is 0 Å². The third-order valence-corrected chi connectivity index (χ3v) is 4.02. The van der Waals surface area contributed by atoms with Gasteiger partial charge in [0.05, 0.1) is 11.4 Å². The third kappa shape index (κ3) is 2.97. The molecule has 21 heavy (non-hydrogen) atoms. The SMILES string of the molecule is CC1CCC(c2cc(-c3ccccc3O)nc(N)n2)CN1. The molecule has 1 fully saturated rings. The summed E-state index contributed by atoms with van der Waals surface area (Å²) in [6, 6.07) is 9.64. The summed E-state index contributed by atoms with van der Waals surface area (Å²) in [7, 11) is 0. The second-order valence-electron chi connectivity index (χ2n) is 5.64. The maximum atomic E-state index is 9.98. The second-order valence-corrected chi connectivity index (χ2v) is 5.64. The third-order valence-electron chi connectivity index (χ3n) is 4.02. The largest absolute Gasteiger partial charge is 0.507 e. The molecule has 1 aliphatic heterocycles. The van der Waals surface area contributed by atoms with Gasteiger partial charge in [-0.25, -0.2) is 9.97 Å². The van der Waals surface area contributed by atoms with Crippen molar-refractivity contribution in [3.05, 3.63) is 36.0 Å². The van der Waals surface area contributed by atoms with Gasteiger partial charge in [-0.2, -0.15) is 0 Å². The minimum absolute atomic E-state index is 0.206. The van der Waals surface area contributed by atoms with Crippen molar-refractivity contribution in [1.82, 2.24) is 15.3 Å². The van der Waals surface area contributed by atoms with Crippen LogP contribution in [0.15, 0.2) is 30.3 Å². The van der Waals surface area contributed by atoms with Gasteiger partial charge < -0.3 is 16.2 Å². The zero-order valence-corrected chi connectivity index (χ0v) is 12.1. The number of nitrogens with one attached hydrogen (secondary N) is 1. The molecule has 4 N–H and O–H groups in total. The van der Waals surface area contributed by atoms with Crippen LogP contribution in [0.4, 0.5) is 5.95 Å². The molecule has 0 saturated carbocycles. The maximum Gasteiger partial charge on any atom is 0.220 e. The first-order valence-electron chi connectivity index (χ1n) is 7.29. The molecule has 3 rings (SSSR count). The fourth-order valence-corrected chi connectivity index (χ4v) is 2.77. The van der Waals surface area contributed by atoms with Crippen molar-refractivity contribution in [3.8, 4) is 17.0 Å². The Bertz CT molecular complexity index is 636. The Morgan fingerprint density at radius 1 is 1.24 bits per heavy atom. The van der Waals surface area contributed by atoms with E-state index >= 15 is 0 Å². The molecular weight excluding hydrogens is 264 g/mol. The number of hydrogen-bond acceptors (Lipinski definition) is 5. The summed E-state index contributed by atoms with van der Waals surface area (Å²) in [6.07, 6.45) is 2.21. The smallest absolute Gasteiger partial charge is 0.220 e. The summed E-state index contributed by atoms with van der Waals surface area (Å²) in [5, 5.41) is 13.4. The Kier molecular flexibility index (Phi) is 3.75. The highest BCUT2D eigenvalue weighted by Gasteiger charge is 2.21. The summed E-state index contributed by atoms with van der Waals surface area (Å²) >= 11 is 0. The van der Waals surface area contributed by atoms with Gasteiger partial charge in [0.25, 0.3) is 0 Å². The predicted molar refractivity (Wildman–Crippen MR) is 83.0 cm³/mol. The van der Waals surface area contributed by atoms with Crippen LogP contribution in [-0.2, 0) is 0 Å². The Balaban J connectivity index is 1.95. The number of phenols is 1. The van der Waals surface area contributed by atoms with E-state index in [9.17, 15) is 5.11 Å². The number of nitrogens with two attached hydrogens (primary N) is 1. The van der Waals surface area contributed by atoms with Crippen molar-refractivity contribution in [2.75, 3.05) is 12.3 Å². The topological polar surface area (TPSA) is 84.1 Å². The second kappa shape index (κ2) is 5.69. The molecular formula is C16H20N4O. The summed E-state index contributed by atoms with van der Waals surface area (Å²) in [6.45, 7) is 3.09. The molecule has 1 aromatic carbocycles. The number of aromatic hydroxyl groups is 1. The minimum Gasteiger partial charge on any atom is -0.507 e. The van der Waals surface area contributed by atoms with Crippen LogP contribution in [0.1, 0.15) is 31.4 Å². The van der Waals surface area contributed by atoms with Crippen molar-refractivity contribution >= 4 is 5.95 Å². The van der Waals surface area contributed by atoms with Gasteiger partial charge in [-0.1, -0.05) is 12.1 Å². The van der Waals surface area contributed by atoms with E-state index in [-0.39, 0.29) is 11.7 Å². The average Bonchev–Trinajstić information content (AvgIpc) is 2.48. The van der Waals surface area contributed by atoms with Crippen molar-refractivity contribution in [3.63, 3.8) is 0 Å². The quantitative estimate of drug-likeness (QED) is 0.788. The molecule has 1 saturated heterocycles. The number of nitrogen functional groups attached to an aromatic ring is 1. The van der Waals surface area contributed by atoms with E-state index in [1.54, 1.807) is 12.1 Å². The van der Waals surface area contributed by atoms with E-state index < -0.39 is 0 Å². The Morgan fingerprint density at radius 3 is 2.76 bits per heavy atom. The van der Waals surface area contributed by atoms with Gasteiger partial charge in [0.15, 0.2) is 0 Å². The van der Waals surface area contributed by atoms with Crippen LogP contribution >= 0.6 is 0 Å². The standard InChI is InChI=1S/C16H20N4O/c1-10-6-7-11(9-18-10)13-8-14(20-16(17)19-13)12-4-2-3-5-15(12)21/h2-5,8,10-11,18,21H,6-7,9H2,1H3,(H2,17,19,20). The van der Waals surface area contributed by atoms with Crippen molar-refractivity contribution < 1.29 is 5.11 Å². The lowest BCUT2D eigenvalue weighted by Gasteiger charge is -2.27. The lowest BCUT2D eigenvalue weighted by atomic mass is 9.92. The molecule has 0 aliphatic carbocycles. The Hall–Kier alpha value is -2.14. The fourth-order valence-electron chi connectivity index (χ4n) is 2.77. The molecule has 110 valence electrons. The highest BCUT2D eigenvalue weighted by Crippen LogP contribution is 2.31. The number of para-hydroxylation sites is 1. The summed E-state index contributed by atoms with van der Waals surface area (Å²) in [5.41, 5.74) is 8.16. The normalized spacial score (nSPS) is 22.1. The van der Waals surface area contributed by atoms with Crippen molar-refractivity contribution in [2.24, 2.45) is 0 Å². The zero-order valence-electron chi connectivity index (χ0n) is 12.1. The number of phenolic OH excluding ortho intramolecular Hbond substituents is 1. The number of hydrogen-bond donors (Lipinski definition) is 3. The first-order valence-corrected chi connectivity index (χ1v) is 7.29. The molecule has 1 aromatic heterocycles. The first-order chi connectivity index (χ1) is 10.1. The fraction of sp³-hybridized carbons (Fsp3) is 0.375. The molecule has 2 aromatic rings. The monoisotopic (exact) mass is 284 g/mol. The van der Waals surface area contributed by atoms with E-state index in [2.05, 4.69) is 22.2 Å². The van der Waals surface area contributed by atoms with Crippen LogP contribution in [0.25, 0.3) is 11.3 Å². The maximum absolute atomic E-state index is 9.98. The molecule has 5 nitrogen and oxygen atoms in total. The van der Waals surface area contributed by atoms with Gasteiger partial charge in [-0.05, 0) is 38.0 Å². The number of benzene rings is 1. The molecule has 1 aliphatic rings. The number of piperidine rings is 1. The predicted octanol–water partition coefficient (Wildman–Crippen LogP) is 2.29. The summed E-state index contributed by atoms with van der Waals surface area (Å²) in [5.74, 6) is 0.803. The zero-order chi connectivity index (χ0) is 14.8. The van der Waals surface area contributed by atoms with Gasteiger partial charge in [-0.15, -0.1) is 0 Å². The minimum atomic E-state index is 0.206. The highest BCUT2D eigenvalue weighted by molar-refractivity contribution is 5.67. The van der Waals surface area contributed by atoms with Crippen molar-refractivity contribution in [1.29, 1.82) is 0 Å². The average molecular weight is 284 g/mol. The number of anilines is 1. The number of rotatable bonds is 2. The van der Waals surface area contributed by atoms with E-state index in [0.29, 0.717) is 23.2 Å². The number of aromatic nitrogens is 2. The first kappa shape index (κ1) is 13.8. The molecule has 2 atom stereocenters. The Morgan fingerprint density at radius 2 is 2.05 bits per heavy atom. The van der Waals surface area contributed by atoms with Gasteiger partial charge in [0, 0.05) is 24.1 Å². The van der Waals surface area contributed by atoms with Crippen molar-refractivity contribution in [2.45, 2.75) is 31.7 Å². The van der Waals surface area contributed by atoms with Crippen LogP contribution in [0.3, 0.4) is 0 Å². The van der Waals surface area contributed by atoms with E-state index in [0.717, 1.165) is 25.1 Å². The molecule has 2 heterocycles. The van der Waals surface area contributed by atoms with E-state index in [1.807, 2.05) is 18.2 Å². The molecule has 0 spiro atoms. The van der Waals surface area contributed by atoms with Gasteiger partial charge in [-0.3, -0.25) is 0 Å². The molecule has 0 bridgehead atoms. The molecule has 0 radical (unpaired) electrons. The highest BCUT2D eigenvalue weighted by atomic mass is 16.3. The van der Waals surface area contributed by atoms with Crippen LogP contribution in [0.2, 0.25) is 0 Å². The van der Waals surface area contributed by atoms with E-state index in [4.69, 9.17) is 5.73 Å². The van der Waals surface area contributed by atoms with E-state index in [1.165, 1.54) is 0 Å². The van der Waals surface area contributed by atoms with Crippen LogP contribution in [0.5, 0.6) is 5.75 Å². The van der Waals surface area contributed by atoms with Gasteiger partial charge in [0.2, 0.25) is 5.95 Å².